The molecule has 0 saturated carbocycles. The molecule has 1 amide bonds. The van der Waals surface area contributed by atoms with Gasteiger partial charge in [0.15, 0.2) is 0 Å². The maximum absolute atomic E-state index is 12.1. The van der Waals surface area contributed by atoms with E-state index in [1.54, 1.807) is 6.07 Å². The Kier molecular flexibility index (Phi) is 6.92. The highest BCUT2D eigenvalue weighted by Gasteiger charge is 2.19. The van der Waals surface area contributed by atoms with E-state index in [-0.39, 0.29) is 5.91 Å². The third kappa shape index (κ3) is 5.89. The van der Waals surface area contributed by atoms with Crippen molar-refractivity contribution in [2.45, 2.75) is 39.7 Å². The maximum Gasteiger partial charge on any atom is 0.253 e. The van der Waals surface area contributed by atoms with E-state index in [2.05, 4.69) is 22.5 Å². The first-order chi connectivity index (χ1) is 9.89. The van der Waals surface area contributed by atoms with Crippen LogP contribution in [0.2, 0.25) is 5.02 Å². The van der Waals surface area contributed by atoms with Gasteiger partial charge in [0, 0.05) is 25.9 Å². The van der Waals surface area contributed by atoms with E-state index in [4.69, 9.17) is 16.3 Å². The topological polar surface area (TPSA) is 63.2 Å². The van der Waals surface area contributed by atoms with Gasteiger partial charge in [0.25, 0.3) is 5.91 Å². The highest BCUT2D eigenvalue weighted by Crippen LogP contribution is 2.20. The smallest absolute Gasteiger partial charge is 0.253 e. The van der Waals surface area contributed by atoms with Crippen molar-refractivity contribution >= 4 is 23.3 Å². The lowest BCUT2D eigenvalue weighted by molar-refractivity contribution is -0.00815. The van der Waals surface area contributed by atoms with Crippen molar-refractivity contribution in [3.05, 3.63) is 22.8 Å². The Morgan fingerprint density at radius 1 is 1.43 bits per heavy atom. The molecule has 0 aliphatic carbocycles. The van der Waals surface area contributed by atoms with Crippen LogP contribution in [0.5, 0.6) is 0 Å². The molecular formula is C15H24ClN3O2. The highest BCUT2D eigenvalue weighted by atomic mass is 35.5. The molecule has 0 saturated heterocycles. The Hall–Kier alpha value is -1.33. The van der Waals surface area contributed by atoms with E-state index >= 15 is 0 Å². The molecule has 5 nitrogen and oxygen atoms in total. The summed E-state index contributed by atoms with van der Waals surface area (Å²) in [5.74, 6) is 0.393. The van der Waals surface area contributed by atoms with E-state index in [9.17, 15) is 4.79 Å². The number of nitrogens with one attached hydrogen (secondary N) is 2. The minimum Gasteiger partial charge on any atom is -0.374 e. The summed E-state index contributed by atoms with van der Waals surface area (Å²) in [6, 6.07) is 1.62. The Balaban J connectivity index is 2.64. The minimum atomic E-state index is -0.399. The van der Waals surface area contributed by atoms with Crippen LogP contribution >= 0.6 is 11.6 Å². The van der Waals surface area contributed by atoms with E-state index in [0.29, 0.717) is 29.6 Å². The lowest BCUT2D eigenvalue weighted by Gasteiger charge is -2.24. The van der Waals surface area contributed by atoms with Gasteiger partial charge in [-0.1, -0.05) is 18.5 Å². The fraction of sp³-hybridized carbons (Fsp3) is 0.600. The van der Waals surface area contributed by atoms with Gasteiger partial charge in [-0.05, 0) is 33.3 Å². The van der Waals surface area contributed by atoms with Crippen LogP contribution in [-0.2, 0) is 4.74 Å². The molecule has 1 rings (SSSR count). The summed E-state index contributed by atoms with van der Waals surface area (Å²) in [6.07, 6.45) is 2.50. The number of hydrogen-bond donors (Lipinski definition) is 2. The zero-order chi connectivity index (χ0) is 15.9. The van der Waals surface area contributed by atoms with Crippen LogP contribution in [0.25, 0.3) is 0 Å². The summed E-state index contributed by atoms with van der Waals surface area (Å²) in [7, 11) is 0. The fourth-order valence-corrected chi connectivity index (χ4v) is 2.01. The van der Waals surface area contributed by atoms with E-state index < -0.39 is 5.60 Å². The van der Waals surface area contributed by atoms with Crippen LogP contribution in [0.4, 0.5) is 5.82 Å². The van der Waals surface area contributed by atoms with Crippen molar-refractivity contribution in [2.24, 2.45) is 0 Å². The van der Waals surface area contributed by atoms with Crippen LogP contribution in [0.3, 0.4) is 0 Å². The number of aromatic nitrogens is 1. The van der Waals surface area contributed by atoms with Crippen molar-refractivity contribution in [1.29, 1.82) is 0 Å². The molecule has 0 aliphatic heterocycles. The molecule has 0 fully saturated rings. The van der Waals surface area contributed by atoms with Crippen LogP contribution in [-0.4, -0.2) is 36.2 Å². The lowest BCUT2D eigenvalue weighted by atomic mass is 10.1. The molecule has 0 atom stereocenters. The van der Waals surface area contributed by atoms with Crippen molar-refractivity contribution in [1.82, 2.24) is 10.3 Å². The molecule has 1 aromatic rings. The van der Waals surface area contributed by atoms with Crippen LogP contribution < -0.4 is 10.6 Å². The molecule has 6 heteroatoms. The van der Waals surface area contributed by atoms with Gasteiger partial charge in [-0.15, -0.1) is 0 Å². The zero-order valence-electron chi connectivity index (χ0n) is 13.1. The summed E-state index contributed by atoms with van der Waals surface area (Å²) in [5.41, 5.74) is 0.0407. The highest BCUT2D eigenvalue weighted by molar-refractivity contribution is 6.33. The van der Waals surface area contributed by atoms with Crippen molar-refractivity contribution in [3.63, 3.8) is 0 Å². The second kappa shape index (κ2) is 8.20. The number of halogens is 1. The maximum atomic E-state index is 12.1. The third-order valence-corrected chi connectivity index (χ3v) is 3.14. The van der Waals surface area contributed by atoms with Crippen molar-refractivity contribution in [2.75, 3.05) is 25.0 Å². The van der Waals surface area contributed by atoms with Gasteiger partial charge in [-0.25, -0.2) is 4.98 Å². The van der Waals surface area contributed by atoms with Crippen LogP contribution in [0.1, 0.15) is 44.5 Å². The molecular weight excluding hydrogens is 290 g/mol. The van der Waals surface area contributed by atoms with Gasteiger partial charge >= 0.3 is 0 Å². The largest absolute Gasteiger partial charge is 0.374 e. The van der Waals surface area contributed by atoms with Gasteiger partial charge in [-0.3, -0.25) is 4.79 Å². The van der Waals surface area contributed by atoms with Gasteiger partial charge in [-0.2, -0.15) is 0 Å². The van der Waals surface area contributed by atoms with Gasteiger partial charge in [0.2, 0.25) is 0 Å². The Bertz CT molecular complexity index is 478. The number of nitrogens with zero attached hydrogens (tertiary/aromatic N) is 1. The SMILES string of the molecule is CCCNc1ncc(C(=O)NCC(C)(C)OCC)cc1Cl. The molecule has 0 aliphatic rings. The van der Waals surface area contributed by atoms with E-state index in [1.165, 1.54) is 6.20 Å². The summed E-state index contributed by atoms with van der Waals surface area (Å²) in [4.78, 5) is 16.3. The Morgan fingerprint density at radius 3 is 2.71 bits per heavy atom. The number of pyridine rings is 1. The first-order valence-electron chi connectivity index (χ1n) is 7.21. The Labute approximate surface area is 131 Å². The molecule has 2 N–H and O–H groups in total. The first-order valence-corrected chi connectivity index (χ1v) is 7.59. The average Bonchev–Trinajstić information content (AvgIpc) is 2.43. The fourth-order valence-electron chi connectivity index (χ4n) is 1.77. The number of carbonyl (C=O) groups is 1. The molecule has 0 radical (unpaired) electrons. The zero-order valence-corrected chi connectivity index (χ0v) is 13.9. The average molecular weight is 314 g/mol. The predicted octanol–water partition coefficient (Wildman–Crippen LogP) is 3.10. The van der Waals surface area contributed by atoms with E-state index in [0.717, 1.165) is 13.0 Å². The number of amides is 1. The quantitative estimate of drug-likeness (QED) is 0.774. The number of ether oxygens (including phenoxy) is 1. The third-order valence-electron chi connectivity index (χ3n) is 2.86. The van der Waals surface area contributed by atoms with Gasteiger partial charge < -0.3 is 15.4 Å². The molecule has 1 aromatic heterocycles. The normalized spacial score (nSPS) is 11.3. The molecule has 118 valence electrons. The second-order valence-corrected chi connectivity index (χ2v) is 5.76. The first kappa shape index (κ1) is 17.7. The lowest BCUT2D eigenvalue weighted by Crippen LogP contribution is -2.40. The molecule has 0 aromatic carbocycles. The van der Waals surface area contributed by atoms with Crippen molar-refractivity contribution in [3.8, 4) is 0 Å². The van der Waals surface area contributed by atoms with Gasteiger partial charge in [0.1, 0.15) is 5.82 Å². The second-order valence-electron chi connectivity index (χ2n) is 5.36. The number of carbonyl (C=O) groups excluding carboxylic acids is 1. The van der Waals surface area contributed by atoms with E-state index in [1.807, 2.05) is 20.8 Å². The summed E-state index contributed by atoms with van der Waals surface area (Å²) < 4.78 is 5.54. The molecule has 0 bridgehead atoms. The molecule has 0 spiro atoms. The molecule has 0 unspecified atom stereocenters. The Morgan fingerprint density at radius 2 is 2.14 bits per heavy atom. The minimum absolute atomic E-state index is 0.209. The summed E-state index contributed by atoms with van der Waals surface area (Å²) >= 11 is 6.12. The van der Waals surface area contributed by atoms with Gasteiger partial charge in [0.05, 0.1) is 16.2 Å². The number of anilines is 1. The number of rotatable bonds is 8. The van der Waals surface area contributed by atoms with Crippen LogP contribution in [0, 0.1) is 0 Å². The monoisotopic (exact) mass is 313 g/mol. The molecule has 1 heterocycles. The van der Waals surface area contributed by atoms with Crippen LogP contribution in [0.15, 0.2) is 12.3 Å². The van der Waals surface area contributed by atoms with Crippen molar-refractivity contribution < 1.29 is 9.53 Å². The predicted molar refractivity (Wildman–Crippen MR) is 86.1 cm³/mol. The number of hydrogen-bond acceptors (Lipinski definition) is 4. The molecule has 21 heavy (non-hydrogen) atoms. The summed E-state index contributed by atoms with van der Waals surface area (Å²) in [5, 5.41) is 6.38. The standard InChI is InChI=1S/C15H24ClN3O2/c1-5-7-17-13-12(16)8-11(9-18-13)14(20)19-10-15(3,4)21-6-2/h8-9H,5-7,10H2,1-4H3,(H,17,18)(H,19,20). The summed E-state index contributed by atoms with van der Waals surface area (Å²) in [6.45, 7) is 9.67.